The number of piperidine rings is 1. The Morgan fingerprint density at radius 2 is 2.00 bits per heavy atom. The van der Waals surface area contributed by atoms with Crippen molar-refractivity contribution in [3.8, 4) is 0 Å². The molecule has 4 heteroatoms. The Morgan fingerprint density at radius 1 is 1.33 bits per heavy atom. The molecular weight excluding hydrogens is 308 g/mol. The van der Waals surface area contributed by atoms with E-state index in [9.17, 15) is 0 Å². The molecule has 18 heavy (non-hydrogen) atoms. The largest absolute Gasteiger partial charge is 0.311 e. The van der Waals surface area contributed by atoms with E-state index in [1.54, 1.807) is 0 Å². The average molecular weight is 329 g/mol. The SMILES string of the molecule is CC(c1ccc(Br)s1)N(C)C1CC2CCC(C1)N2. The van der Waals surface area contributed by atoms with Gasteiger partial charge in [0.15, 0.2) is 0 Å². The van der Waals surface area contributed by atoms with Gasteiger partial charge in [0.25, 0.3) is 0 Å². The molecule has 2 bridgehead atoms. The normalized spacial score (nSPS) is 33.0. The molecule has 2 saturated heterocycles. The maximum Gasteiger partial charge on any atom is 0.0701 e. The number of rotatable bonds is 3. The van der Waals surface area contributed by atoms with E-state index in [-0.39, 0.29) is 0 Å². The highest BCUT2D eigenvalue weighted by molar-refractivity contribution is 9.11. The predicted molar refractivity (Wildman–Crippen MR) is 81.2 cm³/mol. The number of thiophene rings is 1. The lowest BCUT2D eigenvalue weighted by Crippen LogP contribution is -2.47. The molecule has 2 aliphatic heterocycles. The Morgan fingerprint density at radius 3 is 2.56 bits per heavy atom. The summed E-state index contributed by atoms with van der Waals surface area (Å²) < 4.78 is 1.24. The second-order valence-corrected chi connectivity index (χ2v) is 8.24. The molecule has 2 nitrogen and oxygen atoms in total. The Labute approximate surface area is 122 Å². The summed E-state index contributed by atoms with van der Waals surface area (Å²) in [4.78, 5) is 4.06. The van der Waals surface area contributed by atoms with Crippen LogP contribution >= 0.6 is 27.3 Å². The molecule has 100 valence electrons. The Hall–Kier alpha value is 0.1000. The van der Waals surface area contributed by atoms with Crippen LogP contribution in [0.2, 0.25) is 0 Å². The molecule has 0 spiro atoms. The van der Waals surface area contributed by atoms with Crippen molar-refractivity contribution in [3.63, 3.8) is 0 Å². The van der Waals surface area contributed by atoms with Gasteiger partial charge in [-0.15, -0.1) is 11.3 Å². The van der Waals surface area contributed by atoms with Crippen molar-refractivity contribution in [2.24, 2.45) is 0 Å². The zero-order valence-corrected chi connectivity index (χ0v) is 13.4. The minimum absolute atomic E-state index is 0.531. The van der Waals surface area contributed by atoms with Crippen molar-refractivity contribution < 1.29 is 0 Å². The molecule has 0 aromatic carbocycles. The van der Waals surface area contributed by atoms with Crippen LogP contribution in [0.3, 0.4) is 0 Å². The van der Waals surface area contributed by atoms with Gasteiger partial charge in [0, 0.05) is 29.0 Å². The highest BCUT2D eigenvalue weighted by Gasteiger charge is 2.36. The molecule has 3 unspecified atom stereocenters. The van der Waals surface area contributed by atoms with Gasteiger partial charge in [0.2, 0.25) is 0 Å². The van der Waals surface area contributed by atoms with Crippen LogP contribution in [0.5, 0.6) is 0 Å². The van der Waals surface area contributed by atoms with Crippen molar-refractivity contribution >= 4 is 27.3 Å². The molecule has 3 atom stereocenters. The Kier molecular flexibility index (Phi) is 3.81. The van der Waals surface area contributed by atoms with E-state index in [1.807, 2.05) is 11.3 Å². The third-order valence-corrected chi connectivity index (χ3v) is 6.43. The van der Waals surface area contributed by atoms with E-state index in [4.69, 9.17) is 0 Å². The summed E-state index contributed by atoms with van der Waals surface area (Å²) in [6.45, 7) is 2.34. The lowest BCUT2D eigenvalue weighted by molar-refractivity contribution is 0.134. The molecule has 0 aliphatic carbocycles. The lowest BCUT2D eigenvalue weighted by Gasteiger charge is -2.38. The standard InChI is InChI=1S/C14H21BrN2S/c1-9(13-5-6-14(15)18-13)17(2)12-7-10-3-4-11(8-12)16-10/h5-6,9-12,16H,3-4,7-8H2,1-2H3. The van der Waals surface area contributed by atoms with E-state index in [1.165, 1.54) is 34.3 Å². The van der Waals surface area contributed by atoms with Gasteiger partial charge < -0.3 is 5.32 Å². The predicted octanol–water partition coefficient (Wildman–Crippen LogP) is 3.79. The van der Waals surface area contributed by atoms with Crippen LogP contribution < -0.4 is 5.32 Å². The van der Waals surface area contributed by atoms with Crippen LogP contribution in [-0.4, -0.2) is 30.1 Å². The van der Waals surface area contributed by atoms with E-state index < -0.39 is 0 Å². The van der Waals surface area contributed by atoms with Crippen molar-refractivity contribution in [1.29, 1.82) is 0 Å². The summed E-state index contributed by atoms with van der Waals surface area (Å²) in [6.07, 6.45) is 5.41. The van der Waals surface area contributed by atoms with Crippen molar-refractivity contribution in [3.05, 3.63) is 20.8 Å². The highest BCUT2D eigenvalue weighted by Crippen LogP contribution is 2.35. The maximum absolute atomic E-state index is 3.73. The minimum atomic E-state index is 0.531. The first-order chi connectivity index (χ1) is 8.63. The van der Waals surface area contributed by atoms with Crippen LogP contribution in [0, 0.1) is 0 Å². The molecule has 0 amide bonds. The van der Waals surface area contributed by atoms with E-state index in [2.05, 4.69) is 52.3 Å². The number of fused-ring (bicyclic) bond motifs is 2. The van der Waals surface area contributed by atoms with Crippen LogP contribution in [0.25, 0.3) is 0 Å². The number of nitrogens with zero attached hydrogens (tertiary/aromatic N) is 1. The zero-order valence-electron chi connectivity index (χ0n) is 11.0. The summed E-state index contributed by atoms with van der Waals surface area (Å²) in [5, 5.41) is 3.73. The number of hydrogen-bond donors (Lipinski definition) is 1. The zero-order chi connectivity index (χ0) is 12.7. The first-order valence-corrected chi connectivity index (χ1v) is 8.47. The number of hydrogen-bond acceptors (Lipinski definition) is 3. The number of nitrogens with one attached hydrogen (secondary N) is 1. The van der Waals surface area contributed by atoms with Gasteiger partial charge in [-0.3, -0.25) is 4.90 Å². The second-order valence-electron chi connectivity index (χ2n) is 5.75. The molecule has 2 fully saturated rings. The van der Waals surface area contributed by atoms with Gasteiger partial charge in [-0.05, 0) is 67.7 Å². The topological polar surface area (TPSA) is 15.3 Å². The summed E-state index contributed by atoms with van der Waals surface area (Å²) >= 11 is 5.43. The highest BCUT2D eigenvalue weighted by atomic mass is 79.9. The van der Waals surface area contributed by atoms with Crippen LogP contribution in [0.4, 0.5) is 0 Å². The molecule has 1 aromatic heterocycles. The quantitative estimate of drug-likeness (QED) is 0.908. The van der Waals surface area contributed by atoms with E-state index in [0.29, 0.717) is 6.04 Å². The average Bonchev–Trinajstić information content (AvgIpc) is 2.94. The second kappa shape index (κ2) is 5.23. The smallest absolute Gasteiger partial charge is 0.0701 e. The first-order valence-electron chi connectivity index (χ1n) is 6.86. The summed E-state index contributed by atoms with van der Waals surface area (Å²) in [7, 11) is 2.30. The van der Waals surface area contributed by atoms with E-state index >= 15 is 0 Å². The monoisotopic (exact) mass is 328 g/mol. The minimum Gasteiger partial charge on any atom is -0.311 e. The van der Waals surface area contributed by atoms with Gasteiger partial charge in [-0.1, -0.05) is 0 Å². The van der Waals surface area contributed by atoms with Crippen molar-refractivity contribution in [2.75, 3.05) is 7.05 Å². The fraction of sp³-hybridized carbons (Fsp3) is 0.714. The lowest BCUT2D eigenvalue weighted by atomic mass is 9.97. The molecule has 0 saturated carbocycles. The van der Waals surface area contributed by atoms with Crippen LogP contribution in [0.1, 0.15) is 43.5 Å². The third kappa shape index (κ3) is 2.53. The summed E-state index contributed by atoms with van der Waals surface area (Å²) in [5.74, 6) is 0. The molecule has 3 heterocycles. The van der Waals surface area contributed by atoms with Gasteiger partial charge in [-0.25, -0.2) is 0 Å². The van der Waals surface area contributed by atoms with Gasteiger partial charge in [0.05, 0.1) is 3.79 Å². The van der Waals surface area contributed by atoms with Gasteiger partial charge >= 0.3 is 0 Å². The first kappa shape index (κ1) is 13.1. The molecule has 2 aliphatic rings. The number of halogens is 1. The Bertz CT molecular complexity index is 408. The van der Waals surface area contributed by atoms with Gasteiger partial charge in [0.1, 0.15) is 0 Å². The van der Waals surface area contributed by atoms with Crippen LogP contribution in [-0.2, 0) is 0 Å². The molecular formula is C14H21BrN2S. The fourth-order valence-electron chi connectivity index (χ4n) is 3.43. The van der Waals surface area contributed by atoms with E-state index in [0.717, 1.165) is 18.1 Å². The molecule has 1 aromatic rings. The summed E-state index contributed by atoms with van der Waals surface area (Å²) in [6, 6.07) is 7.25. The maximum atomic E-state index is 3.73. The van der Waals surface area contributed by atoms with Gasteiger partial charge in [-0.2, -0.15) is 0 Å². The molecule has 0 radical (unpaired) electrons. The van der Waals surface area contributed by atoms with Crippen molar-refractivity contribution in [2.45, 2.75) is 56.8 Å². The molecule has 1 N–H and O–H groups in total. The Balaban J connectivity index is 1.68. The summed E-state index contributed by atoms with van der Waals surface area (Å²) in [5.41, 5.74) is 0. The molecule has 3 rings (SSSR count). The fourth-order valence-corrected chi connectivity index (χ4v) is 4.96. The van der Waals surface area contributed by atoms with Crippen LogP contribution in [0.15, 0.2) is 15.9 Å². The third-order valence-electron chi connectivity index (χ3n) is 4.64. The van der Waals surface area contributed by atoms with Crippen molar-refractivity contribution in [1.82, 2.24) is 10.2 Å².